The Labute approximate surface area is 121 Å². The van der Waals surface area contributed by atoms with Crippen molar-refractivity contribution in [3.63, 3.8) is 0 Å². The van der Waals surface area contributed by atoms with E-state index in [2.05, 4.69) is 19.2 Å². The van der Waals surface area contributed by atoms with Crippen LogP contribution in [0.15, 0.2) is 29.2 Å². The molecule has 1 aliphatic carbocycles. The average Bonchev–Trinajstić information content (AvgIpc) is 2.39. The van der Waals surface area contributed by atoms with Crippen molar-refractivity contribution in [1.82, 2.24) is 0 Å². The molecule has 2 unspecified atom stereocenters. The summed E-state index contributed by atoms with van der Waals surface area (Å²) in [6.07, 6.45) is 1.58. The van der Waals surface area contributed by atoms with Crippen molar-refractivity contribution in [3.05, 3.63) is 24.3 Å². The molecule has 1 fully saturated rings. The van der Waals surface area contributed by atoms with Crippen LogP contribution in [0, 0.1) is 5.41 Å². The van der Waals surface area contributed by atoms with E-state index < -0.39 is 9.84 Å². The van der Waals surface area contributed by atoms with E-state index in [1.807, 2.05) is 19.1 Å². The molecule has 0 spiro atoms. The first kappa shape index (κ1) is 15.3. The van der Waals surface area contributed by atoms with E-state index >= 15 is 0 Å². The summed E-state index contributed by atoms with van der Waals surface area (Å²) < 4.78 is 23.9. The van der Waals surface area contributed by atoms with Gasteiger partial charge in [-0.1, -0.05) is 20.8 Å². The standard InChI is InChI=1S/C15H24N2O2S/c1-4-9-20(18,19)12-7-5-11(6-8-12)17-14-10-13(16)15(14,2)3/h5-8,13-14,17H,4,9-10,16H2,1-3H3. The van der Waals surface area contributed by atoms with Gasteiger partial charge in [0.25, 0.3) is 0 Å². The lowest BCUT2D eigenvalue weighted by molar-refractivity contribution is 0.117. The maximum absolute atomic E-state index is 11.9. The van der Waals surface area contributed by atoms with Crippen molar-refractivity contribution < 1.29 is 8.42 Å². The highest BCUT2D eigenvalue weighted by atomic mass is 32.2. The normalized spacial score (nSPS) is 25.0. The van der Waals surface area contributed by atoms with Gasteiger partial charge in [-0.3, -0.25) is 0 Å². The van der Waals surface area contributed by atoms with Gasteiger partial charge >= 0.3 is 0 Å². The van der Waals surface area contributed by atoms with E-state index in [9.17, 15) is 8.42 Å². The van der Waals surface area contributed by atoms with Crippen LogP contribution in [0.25, 0.3) is 0 Å². The lowest BCUT2D eigenvalue weighted by atomic mass is 9.63. The van der Waals surface area contributed by atoms with Crippen LogP contribution in [-0.2, 0) is 9.84 Å². The van der Waals surface area contributed by atoms with Crippen molar-refractivity contribution in [3.8, 4) is 0 Å². The van der Waals surface area contributed by atoms with Gasteiger partial charge in [-0.05, 0) is 37.1 Å². The van der Waals surface area contributed by atoms with Gasteiger partial charge in [0.05, 0.1) is 10.6 Å². The monoisotopic (exact) mass is 296 g/mol. The second-order valence-electron chi connectivity index (χ2n) is 6.20. The summed E-state index contributed by atoms with van der Waals surface area (Å²) in [5.74, 6) is 0.199. The van der Waals surface area contributed by atoms with Gasteiger partial charge in [0.2, 0.25) is 0 Å². The number of rotatable bonds is 5. The molecule has 20 heavy (non-hydrogen) atoms. The maximum Gasteiger partial charge on any atom is 0.178 e. The molecule has 4 nitrogen and oxygen atoms in total. The summed E-state index contributed by atoms with van der Waals surface area (Å²) >= 11 is 0. The van der Waals surface area contributed by atoms with Gasteiger partial charge in [-0.25, -0.2) is 8.42 Å². The van der Waals surface area contributed by atoms with Crippen molar-refractivity contribution in [2.75, 3.05) is 11.1 Å². The van der Waals surface area contributed by atoms with E-state index in [0.717, 1.165) is 12.1 Å². The molecule has 1 aromatic carbocycles. The molecule has 1 aromatic rings. The van der Waals surface area contributed by atoms with Gasteiger partial charge in [0, 0.05) is 23.2 Å². The van der Waals surface area contributed by atoms with Crippen molar-refractivity contribution in [1.29, 1.82) is 0 Å². The summed E-state index contributed by atoms with van der Waals surface area (Å²) in [5.41, 5.74) is 7.02. The third-order valence-electron chi connectivity index (χ3n) is 4.37. The maximum atomic E-state index is 11.9. The molecular formula is C15H24N2O2S. The van der Waals surface area contributed by atoms with Gasteiger partial charge < -0.3 is 11.1 Å². The number of benzene rings is 1. The van der Waals surface area contributed by atoms with Crippen LogP contribution in [-0.4, -0.2) is 26.3 Å². The minimum atomic E-state index is -3.13. The highest BCUT2D eigenvalue weighted by molar-refractivity contribution is 7.91. The van der Waals surface area contributed by atoms with E-state index in [0.29, 0.717) is 17.4 Å². The van der Waals surface area contributed by atoms with E-state index in [4.69, 9.17) is 5.73 Å². The molecule has 3 N–H and O–H groups in total. The second-order valence-corrected chi connectivity index (χ2v) is 8.31. The molecule has 5 heteroatoms. The van der Waals surface area contributed by atoms with Gasteiger partial charge in [-0.2, -0.15) is 0 Å². The first-order valence-corrected chi connectivity index (χ1v) is 8.77. The predicted octanol–water partition coefficient (Wildman–Crippen LogP) is 2.41. The van der Waals surface area contributed by atoms with Gasteiger partial charge in [0.15, 0.2) is 9.84 Å². The Kier molecular flexibility index (Phi) is 4.12. The predicted molar refractivity (Wildman–Crippen MR) is 82.6 cm³/mol. The minimum absolute atomic E-state index is 0.0763. The highest BCUT2D eigenvalue weighted by Gasteiger charge is 2.45. The molecule has 1 saturated carbocycles. The number of sulfone groups is 1. The zero-order valence-electron chi connectivity index (χ0n) is 12.4. The molecule has 0 amide bonds. The Morgan fingerprint density at radius 1 is 1.30 bits per heavy atom. The number of hydrogen-bond acceptors (Lipinski definition) is 4. The van der Waals surface area contributed by atoms with Crippen LogP contribution in [0.4, 0.5) is 5.69 Å². The Bertz CT molecular complexity index is 564. The molecule has 0 saturated heterocycles. The molecule has 1 aliphatic rings. The Balaban J connectivity index is 2.07. The van der Waals surface area contributed by atoms with Crippen LogP contribution >= 0.6 is 0 Å². The van der Waals surface area contributed by atoms with Crippen molar-refractivity contribution >= 4 is 15.5 Å². The van der Waals surface area contributed by atoms with Crippen LogP contribution in [0.3, 0.4) is 0 Å². The quantitative estimate of drug-likeness (QED) is 0.875. The van der Waals surface area contributed by atoms with Crippen LogP contribution < -0.4 is 11.1 Å². The highest BCUT2D eigenvalue weighted by Crippen LogP contribution is 2.40. The fourth-order valence-corrected chi connectivity index (χ4v) is 3.87. The molecule has 0 aromatic heterocycles. The Morgan fingerprint density at radius 2 is 1.90 bits per heavy atom. The van der Waals surface area contributed by atoms with Crippen molar-refractivity contribution in [2.45, 2.75) is 50.6 Å². The zero-order chi connectivity index (χ0) is 15.0. The van der Waals surface area contributed by atoms with Gasteiger partial charge in [-0.15, -0.1) is 0 Å². The summed E-state index contributed by atoms with van der Waals surface area (Å²) in [7, 11) is -3.13. The fourth-order valence-electron chi connectivity index (χ4n) is 2.55. The smallest absolute Gasteiger partial charge is 0.178 e. The molecule has 112 valence electrons. The Morgan fingerprint density at radius 3 is 2.35 bits per heavy atom. The van der Waals surface area contributed by atoms with E-state index in [1.165, 1.54) is 0 Å². The molecule has 2 atom stereocenters. The summed E-state index contributed by atoms with van der Waals surface area (Å²) in [5, 5.41) is 3.43. The summed E-state index contributed by atoms with van der Waals surface area (Å²) in [6.45, 7) is 6.17. The Hall–Kier alpha value is -1.07. The lowest BCUT2D eigenvalue weighted by Crippen LogP contribution is -2.61. The fraction of sp³-hybridized carbons (Fsp3) is 0.600. The first-order chi connectivity index (χ1) is 9.27. The van der Waals surface area contributed by atoms with E-state index in [1.54, 1.807) is 12.1 Å². The number of hydrogen-bond donors (Lipinski definition) is 2. The lowest BCUT2D eigenvalue weighted by Gasteiger charge is -2.51. The molecule has 0 aliphatic heterocycles. The molecule has 0 heterocycles. The summed E-state index contributed by atoms with van der Waals surface area (Å²) in [4.78, 5) is 0.398. The molecule has 0 radical (unpaired) electrons. The second kappa shape index (κ2) is 5.37. The number of nitrogens with one attached hydrogen (secondary N) is 1. The first-order valence-electron chi connectivity index (χ1n) is 7.12. The largest absolute Gasteiger partial charge is 0.382 e. The van der Waals surface area contributed by atoms with Gasteiger partial charge in [0.1, 0.15) is 0 Å². The number of anilines is 1. The zero-order valence-corrected chi connectivity index (χ0v) is 13.2. The van der Waals surface area contributed by atoms with Crippen LogP contribution in [0.1, 0.15) is 33.6 Å². The minimum Gasteiger partial charge on any atom is -0.382 e. The topological polar surface area (TPSA) is 72.2 Å². The molecular weight excluding hydrogens is 272 g/mol. The third-order valence-corrected chi connectivity index (χ3v) is 6.31. The molecule has 0 bridgehead atoms. The van der Waals surface area contributed by atoms with E-state index in [-0.39, 0.29) is 17.2 Å². The average molecular weight is 296 g/mol. The van der Waals surface area contributed by atoms with Crippen molar-refractivity contribution in [2.24, 2.45) is 11.1 Å². The van der Waals surface area contributed by atoms with Crippen LogP contribution in [0.5, 0.6) is 0 Å². The number of nitrogens with two attached hydrogens (primary N) is 1. The SMILES string of the molecule is CCCS(=O)(=O)c1ccc(NC2CC(N)C2(C)C)cc1. The van der Waals surface area contributed by atoms with Crippen LogP contribution in [0.2, 0.25) is 0 Å². The molecule has 2 rings (SSSR count). The summed E-state index contributed by atoms with van der Waals surface area (Å²) in [6, 6.07) is 7.60. The third kappa shape index (κ3) is 2.83.